The Hall–Kier alpha value is -2.25. The molecule has 0 spiro atoms. The highest BCUT2D eigenvalue weighted by Gasteiger charge is 2.21. The average molecular weight is 428 g/mol. The summed E-state index contributed by atoms with van der Waals surface area (Å²) in [6.45, 7) is 1.91. The number of amides is 1. The highest BCUT2D eigenvalue weighted by Crippen LogP contribution is 2.25. The van der Waals surface area contributed by atoms with E-state index in [0.29, 0.717) is 5.75 Å². The van der Waals surface area contributed by atoms with Crippen LogP contribution in [0.2, 0.25) is 0 Å². The number of anilines is 1. The van der Waals surface area contributed by atoms with Crippen LogP contribution in [0.5, 0.6) is 5.75 Å². The van der Waals surface area contributed by atoms with E-state index in [1.165, 1.54) is 10.4 Å². The fraction of sp³-hybridized carbons (Fsp3) is 0.364. The summed E-state index contributed by atoms with van der Waals surface area (Å²) in [5.41, 5.74) is 2.25. The van der Waals surface area contributed by atoms with Crippen molar-refractivity contribution in [3.05, 3.63) is 53.5 Å². The number of nitrogens with zero attached hydrogens (tertiary/aromatic N) is 2. The maximum atomic E-state index is 12.3. The number of thiazole rings is 1. The number of carbonyl (C=O) groups excluding carboxylic acids is 1. The minimum atomic E-state index is 0.124. The molecule has 0 atom stereocenters. The Morgan fingerprint density at radius 3 is 2.69 bits per heavy atom. The number of thioether (sulfide) groups is 1. The van der Waals surface area contributed by atoms with Gasteiger partial charge in [-0.05, 0) is 49.2 Å². The van der Waals surface area contributed by atoms with Crippen LogP contribution in [0, 0.1) is 0 Å². The third kappa shape index (κ3) is 5.22. The van der Waals surface area contributed by atoms with Crippen molar-refractivity contribution in [3.63, 3.8) is 0 Å². The molecule has 1 saturated heterocycles. The first kappa shape index (κ1) is 20.0. The quantitative estimate of drug-likeness (QED) is 0.608. The second kappa shape index (κ2) is 9.50. The largest absolute Gasteiger partial charge is 0.497 e. The van der Waals surface area contributed by atoms with Gasteiger partial charge in [0, 0.05) is 30.6 Å². The lowest BCUT2D eigenvalue weighted by molar-refractivity contribution is -0.119. The molecule has 1 fully saturated rings. The van der Waals surface area contributed by atoms with Crippen molar-refractivity contribution in [3.8, 4) is 5.75 Å². The van der Waals surface area contributed by atoms with E-state index < -0.39 is 0 Å². The van der Waals surface area contributed by atoms with Gasteiger partial charge in [0.15, 0.2) is 0 Å². The number of nitrogens with one attached hydrogen (secondary N) is 1. The van der Waals surface area contributed by atoms with Gasteiger partial charge in [-0.25, -0.2) is 4.98 Å². The zero-order valence-corrected chi connectivity index (χ0v) is 18.1. The number of benzene rings is 2. The van der Waals surface area contributed by atoms with E-state index in [1.807, 2.05) is 30.3 Å². The molecular weight excluding hydrogens is 402 g/mol. The molecule has 29 heavy (non-hydrogen) atoms. The molecule has 2 aromatic carbocycles. The van der Waals surface area contributed by atoms with Crippen LogP contribution in [0.15, 0.2) is 48.5 Å². The van der Waals surface area contributed by atoms with Crippen LogP contribution < -0.4 is 15.0 Å². The predicted molar refractivity (Wildman–Crippen MR) is 122 cm³/mol. The van der Waals surface area contributed by atoms with Crippen LogP contribution in [0.3, 0.4) is 0 Å². The Kier molecular flexibility index (Phi) is 6.56. The fourth-order valence-corrected chi connectivity index (χ4v) is 5.42. The number of methoxy groups -OCH3 is 1. The number of hydrogen-bond donors (Lipinski definition) is 1. The summed E-state index contributed by atoms with van der Waals surface area (Å²) < 4.78 is 6.43. The van der Waals surface area contributed by atoms with Crippen molar-refractivity contribution in [2.75, 3.05) is 30.9 Å². The van der Waals surface area contributed by atoms with Gasteiger partial charge < -0.3 is 15.0 Å². The van der Waals surface area contributed by atoms with Gasteiger partial charge in [-0.2, -0.15) is 0 Å². The maximum Gasteiger partial charge on any atom is 0.230 e. The monoisotopic (exact) mass is 427 g/mol. The van der Waals surface area contributed by atoms with Gasteiger partial charge in [0.05, 0.1) is 23.1 Å². The Labute approximate surface area is 179 Å². The van der Waals surface area contributed by atoms with Gasteiger partial charge >= 0.3 is 0 Å². The van der Waals surface area contributed by atoms with Crippen LogP contribution >= 0.6 is 23.1 Å². The summed E-state index contributed by atoms with van der Waals surface area (Å²) >= 11 is 3.34. The lowest BCUT2D eigenvalue weighted by Gasteiger charge is -2.34. The first-order valence-electron chi connectivity index (χ1n) is 9.82. The van der Waals surface area contributed by atoms with Crippen LogP contribution in [0.25, 0.3) is 10.2 Å². The minimum absolute atomic E-state index is 0.124. The summed E-state index contributed by atoms with van der Waals surface area (Å²) in [6.07, 6.45) is 1.95. The summed E-state index contributed by atoms with van der Waals surface area (Å²) in [5.74, 6) is 2.26. The summed E-state index contributed by atoms with van der Waals surface area (Å²) in [4.78, 5) is 19.3. The highest BCUT2D eigenvalue weighted by atomic mass is 32.2. The smallest absolute Gasteiger partial charge is 0.230 e. The van der Waals surface area contributed by atoms with Crippen molar-refractivity contribution in [2.24, 2.45) is 0 Å². The van der Waals surface area contributed by atoms with Gasteiger partial charge in [0.1, 0.15) is 10.8 Å². The molecular formula is C22H25N3O2S2. The molecule has 0 unspecified atom stereocenters. The molecule has 1 N–H and O–H groups in total. The second-order valence-corrected chi connectivity index (χ2v) is 9.20. The number of hydrogen-bond acceptors (Lipinski definition) is 6. The number of piperidine rings is 1. The normalized spacial score (nSPS) is 14.9. The van der Waals surface area contributed by atoms with E-state index in [1.54, 1.807) is 30.2 Å². The molecule has 1 amide bonds. The van der Waals surface area contributed by atoms with Crippen molar-refractivity contribution >= 4 is 44.9 Å². The molecule has 5 nitrogen and oxygen atoms in total. The van der Waals surface area contributed by atoms with Crippen LogP contribution in [0.1, 0.15) is 17.8 Å². The van der Waals surface area contributed by atoms with Crippen molar-refractivity contribution in [2.45, 2.75) is 24.6 Å². The molecule has 1 aliphatic heterocycles. The minimum Gasteiger partial charge on any atom is -0.497 e. The molecule has 0 aliphatic carbocycles. The number of rotatable bonds is 7. The van der Waals surface area contributed by atoms with Crippen molar-refractivity contribution in [1.82, 2.24) is 10.3 Å². The Bertz CT molecular complexity index is 917. The number of fused-ring (bicyclic) bond motifs is 1. The second-order valence-electron chi connectivity index (χ2n) is 7.09. The van der Waals surface area contributed by atoms with Gasteiger partial charge in [-0.15, -0.1) is 23.1 Å². The maximum absolute atomic E-state index is 12.3. The van der Waals surface area contributed by atoms with E-state index in [0.717, 1.165) is 48.0 Å². The number of carbonyl (C=O) groups is 1. The van der Waals surface area contributed by atoms with E-state index in [2.05, 4.69) is 33.4 Å². The summed E-state index contributed by atoms with van der Waals surface area (Å²) in [7, 11) is 1.68. The summed E-state index contributed by atoms with van der Waals surface area (Å²) in [5, 5.41) is 4.28. The number of ether oxygens (including phenoxy) is 1. The lowest BCUT2D eigenvalue weighted by atomic mass is 10.0. The fourth-order valence-electron chi connectivity index (χ4n) is 3.56. The molecule has 0 bridgehead atoms. The van der Waals surface area contributed by atoms with Gasteiger partial charge in [-0.1, -0.05) is 12.1 Å². The van der Waals surface area contributed by atoms with Crippen molar-refractivity contribution < 1.29 is 9.53 Å². The molecule has 0 radical (unpaired) electrons. The number of aromatic nitrogens is 1. The third-order valence-electron chi connectivity index (χ3n) is 5.09. The Balaban J connectivity index is 1.18. The summed E-state index contributed by atoms with van der Waals surface area (Å²) in [6, 6.07) is 16.6. The van der Waals surface area contributed by atoms with Gasteiger partial charge in [0.2, 0.25) is 5.91 Å². The first-order valence-corrected chi connectivity index (χ1v) is 11.8. The Morgan fingerprint density at radius 2 is 1.97 bits per heavy atom. The molecule has 4 rings (SSSR count). The van der Waals surface area contributed by atoms with Gasteiger partial charge in [0.25, 0.3) is 0 Å². The predicted octanol–water partition coefficient (Wildman–Crippen LogP) is 4.32. The van der Waals surface area contributed by atoms with Gasteiger partial charge in [-0.3, -0.25) is 4.79 Å². The topological polar surface area (TPSA) is 54.5 Å². The third-order valence-corrected chi connectivity index (χ3v) is 7.26. The zero-order valence-electron chi connectivity index (χ0n) is 16.5. The van der Waals surface area contributed by atoms with E-state index >= 15 is 0 Å². The Morgan fingerprint density at radius 1 is 1.21 bits per heavy atom. The first-order chi connectivity index (χ1) is 14.2. The highest BCUT2D eigenvalue weighted by molar-refractivity contribution is 7.99. The SMILES string of the molecule is COc1ccc(N2CCC(NC(=O)CSCc3nc4ccccc4s3)CC2)cc1. The molecule has 7 heteroatoms. The van der Waals surface area contributed by atoms with Crippen LogP contribution in [-0.2, 0) is 10.5 Å². The average Bonchev–Trinajstić information content (AvgIpc) is 3.17. The zero-order chi connectivity index (χ0) is 20.1. The molecule has 3 aromatic rings. The molecule has 0 saturated carbocycles. The van der Waals surface area contributed by atoms with E-state index in [-0.39, 0.29) is 11.9 Å². The molecule has 2 heterocycles. The van der Waals surface area contributed by atoms with Crippen LogP contribution in [0.4, 0.5) is 5.69 Å². The molecule has 152 valence electrons. The standard InChI is InChI=1S/C22H25N3O2S2/c1-27-18-8-6-17(7-9-18)25-12-10-16(11-13-25)23-21(26)14-28-15-22-24-19-4-2-3-5-20(19)29-22/h2-9,16H,10-15H2,1H3,(H,23,26). The number of para-hydroxylation sites is 1. The molecule has 1 aromatic heterocycles. The van der Waals surface area contributed by atoms with Crippen LogP contribution in [-0.4, -0.2) is 42.9 Å². The van der Waals surface area contributed by atoms with E-state index in [9.17, 15) is 4.79 Å². The molecule has 1 aliphatic rings. The lowest BCUT2D eigenvalue weighted by Crippen LogP contribution is -2.45. The van der Waals surface area contributed by atoms with E-state index in [4.69, 9.17) is 4.74 Å². The van der Waals surface area contributed by atoms with Crippen molar-refractivity contribution in [1.29, 1.82) is 0 Å².